The van der Waals surface area contributed by atoms with Gasteiger partial charge in [0, 0.05) is 30.8 Å². The Morgan fingerprint density at radius 3 is 2.50 bits per heavy atom. The molecule has 1 aliphatic heterocycles. The van der Waals surface area contributed by atoms with Gasteiger partial charge in [-0.1, -0.05) is 24.3 Å². The number of aliphatic hydroxyl groups excluding tert-OH is 1. The molecule has 1 fully saturated rings. The number of amides is 1. The average molecular weight is 440 g/mol. The monoisotopic (exact) mass is 440 g/mol. The lowest BCUT2D eigenvalue weighted by Crippen LogP contribution is -2.31. The molecule has 32 heavy (non-hydrogen) atoms. The molecule has 1 heterocycles. The van der Waals surface area contributed by atoms with Gasteiger partial charge in [0.15, 0.2) is 0 Å². The number of carbonyl (C=O) groups excluding carboxylic acids is 2. The Labute approximate surface area is 184 Å². The van der Waals surface area contributed by atoms with E-state index in [4.69, 9.17) is 4.74 Å². The van der Waals surface area contributed by atoms with Crippen LogP contribution in [-0.2, 0) is 14.3 Å². The molecule has 2 aromatic carbocycles. The molecule has 0 spiro atoms. The highest BCUT2D eigenvalue weighted by Crippen LogP contribution is 2.40. The van der Waals surface area contributed by atoms with Crippen molar-refractivity contribution in [3.63, 3.8) is 0 Å². The summed E-state index contributed by atoms with van der Waals surface area (Å²) in [5.41, 5.74) is 0.157. The van der Waals surface area contributed by atoms with Gasteiger partial charge in [-0.15, -0.1) is 0 Å². The van der Waals surface area contributed by atoms with Crippen LogP contribution in [0.5, 0.6) is 5.75 Å². The number of Topliss-reactive ketones (excluding diaryl/α,β-unsaturated/α-hetero) is 1. The fourth-order valence-corrected chi connectivity index (χ4v) is 3.59. The summed E-state index contributed by atoms with van der Waals surface area (Å²) in [5, 5.41) is 31.7. The number of ether oxygens (including phenoxy) is 1. The first kappa shape index (κ1) is 23.0. The Morgan fingerprint density at radius 1 is 1.19 bits per heavy atom. The van der Waals surface area contributed by atoms with E-state index in [0.29, 0.717) is 18.6 Å². The van der Waals surface area contributed by atoms with Crippen molar-refractivity contribution in [1.29, 1.82) is 0 Å². The summed E-state index contributed by atoms with van der Waals surface area (Å²) >= 11 is 0. The minimum Gasteiger partial charge on any atom is -0.508 e. The summed E-state index contributed by atoms with van der Waals surface area (Å²) < 4.78 is 5.52. The van der Waals surface area contributed by atoms with Gasteiger partial charge in [0.1, 0.15) is 11.5 Å². The molecule has 0 radical (unpaired) electrons. The minimum absolute atomic E-state index is 0.00900. The van der Waals surface area contributed by atoms with Gasteiger partial charge >= 0.3 is 0 Å². The van der Waals surface area contributed by atoms with Gasteiger partial charge in [0.25, 0.3) is 17.4 Å². The SMILES string of the molecule is CC(C)OCCCN1C(=O)C(=O)/C(=C(\O)c2cccc([N+](=O)[O-])c2)C1c1ccc(O)cc1. The normalized spacial score (nSPS) is 17.8. The van der Waals surface area contributed by atoms with Gasteiger partial charge < -0.3 is 19.8 Å². The summed E-state index contributed by atoms with van der Waals surface area (Å²) in [7, 11) is 0. The van der Waals surface area contributed by atoms with E-state index in [0.717, 1.165) is 6.07 Å². The number of phenols is 1. The molecule has 168 valence electrons. The van der Waals surface area contributed by atoms with Crippen LogP contribution in [0.3, 0.4) is 0 Å². The third kappa shape index (κ3) is 4.78. The molecule has 9 nitrogen and oxygen atoms in total. The third-order valence-corrected chi connectivity index (χ3v) is 5.07. The van der Waals surface area contributed by atoms with Crippen molar-refractivity contribution in [3.05, 3.63) is 75.3 Å². The zero-order valence-electron chi connectivity index (χ0n) is 17.7. The fraction of sp³-hybridized carbons (Fsp3) is 0.304. The molecule has 0 saturated carbocycles. The van der Waals surface area contributed by atoms with Gasteiger partial charge in [0.05, 0.1) is 22.6 Å². The van der Waals surface area contributed by atoms with Crippen LogP contribution < -0.4 is 0 Å². The highest BCUT2D eigenvalue weighted by Gasteiger charge is 2.45. The van der Waals surface area contributed by atoms with Crippen LogP contribution in [-0.4, -0.2) is 51.0 Å². The first-order valence-electron chi connectivity index (χ1n) is 10.1. The van der Waals surface area contributed by atoms with Crippen LogP contribution in [0.4, 0.5) is 5.69 Å². The van der Waals surface area contributed by atoms with Crippen molar-refractivity contribution < 1.29 is 29.5 Å². The number of phenolic OH excluding ortho intramolecular Hbond substituents is 1. The standard InChI is InChI=1S/C23H24N2O7/c1-14(2)32-12-4-11-24-20(15-7-9-18(26)10-8-15)19(22(28)23(24)29)21(27)16-5-3-6-17(13-16)25(30)31/h3,5-10,13-14,20,26-27H,4,11-12H2,1-2H3/b21-19-. The van der Waals surface area contributed by atoms with Crippen LogP contribution in [0.2, 0.25) is 0 Å². The van der Waals surface area contributed by atoms with Crippen LogP contribution in [0.15, 0.2) is 54.1 Å². The van der Waals surface area contributed by atoms with Crippen molar-refractivity contribution in [2.75, 3.05) is 13.2 Å². The number of hydrogen-bond donors (Lipinski definition) is 2. The first-order valence-corrected chi connectivity index (χ1v) is 10.1. The number of benzene rings is 2. The summed E-state index contributed by atoms with van der Waals surface area (Å²) in [6.45, 7) is 4.37. The highest BCUT2D eigenvalue weighted by atomic mass is 16.6. The molecular formula is C23H24N2O7. The molecule has 3 rings (SSSR count). The quantitative estimate of drug-likeness (QED) is 0.160. The van der Waals surface area contributed by atoms with E-state index in [9.17, 15) is 29.9 Å². The molecule has 2 aromatic rings. The molecule has 0 aliphatic carbocycles. The molecule has 1 amide bonds. The molecule has 1 aliphatic rings. The van der Waals surface area contributed by atoms with Gasteiger partial charge in [0.2, 0.25) is 0 Å². The zero-order chi connectivity index (χ0) is 23.4. The Bertz CT molecular complexity index is 1060. The number of non-ortho nitro benzene ring substituents is 1. The molecular weight excluding hydrogens is 416 g/mol. The molecule has 1 saturated heterocycles. The highest BCUT2D eigenvalue weighted by molar-refractivity contribution is 6.46. The van der Waals surface area contributed by atoms with Crippen molar-refractivity contribution in [2.24, 2.45) is 0 Å². The second kappa shape index (κ2) is 9.61. The van der Waals surface area contributed by atoms with Crippen LogP contribution in [0, 0.1) is 10.1 Å². The predicted octanol–water partition coefficient (Wildman–Crippen LogP) is 3.54. The smallest absolute Gasteiger partial charge is 0.295 e. The van der Waals surface area contributed by atoms with Crippen molar-refractivity contribution in [1.82, 2.24) is 4.90 Å². The minimum atomic E-state index is -0.908. The van der Waals surface area contributed by atoms with Gasteiger partial charge in [-0.05, 0) is 38.0 Å². The van der Waals surface area contributed by atoms with E-state index >= 15 is 0 Å². The van der Waals surface area contributed by atoms with Gasteiger partial charge in [-0.2, -0.15) is 0 Å². The Morgan fingerprint density at radius 2 is 1.88 bits per heavy atom. The number of aliphatic hydroxyl groups is 1. The lowest BCUT2D eigenvalue weighted by molar-refractivity contribution is -0.384. The number of likely N-dealkylation sites (tertiary alicyclic amines) is 1. The van der Waals surface area contributed by atoms with E-state index in [2.05, 4.69) is 0 Å². The largest absolute Gasteiger partial charge is 0.508 e. The van der Waals surface area contributed by atoms with Crippen molar-refractivity contribution in [2.45, 2.75) is 32.4 Å². The lowest BCUT2D eigenvalue weighted by Gasteiger charge is -2.25. The number of aromatic hydroxyl groups is 1. The number of ketones is 1. The number of nitro benzene ring substituents is 1. The number of hydrogen-bond acceptors (Lipinski definition) is 7. The zero-order valence-corrected chi connectivity index (χ0v) is 17.7. The van der Waals surface area contributed by atoms with E-state index in [1.54, 1.807) is 12.1 Å². The van der Waals surface area contributed by atoms with Crippen LogP contribution in [0.25, 0.3) is 5.76 Å². The molecule has 1 unspecified atom stereocenters. The Kier molecular flexibility index (Phi) is 6.89. The van der Waals surface area contributed by atoms with E-state index in [1.807, 2.05) is 13.8 Å². The average Bonchev–Trinajstić information content (AvgIpc) is 3.01. The third-order valence-electron chi connectivity index (χ3n) is 5.07. The molecule has 9 heteroatoms. The van der Waals surface area contributed by atoms with Crippen LogP contribution >= 0.6 is 0 Å². The topological polar surface area (TPSA) is 130 Å². The second-order valence-corrected chi connectivity index (χ2v) is 7.66. The summed E-state index contributed by atoms with van der Waals surface area (Å²) in [5.74, 6) is -2.14. The van der Waals surface area contributed by atoms with Crippen molar-refractivity contribution in [3.8, 4) is 5.75 Å². The number of nitro groups is 1. The fourth-order valence-electron chi connectivity index (χ4n) is 3.59. The molecule has 0 aromatic heterocycles. The predicted molar refractivity (Wildman–Crippen MR) is 116 cm³/mol. The van der Waals surface area contributed by atoms with Crippen molar-refractivity contribution >= 4 is 23.1 Å². The maximum absolute atomic E-state index is 12.9. The second-order valence-electron chi connectivity index (χ2n) is 7.66. The number of carbonyl (C=O) groups is 2. The maximum atomic E-state index is 12.9. The molecule has 2 N–H and O–H groups in total. The lowest BCUT2D eigenvalue weighted by atomic mass is 9.95. The van der Waals surface area contributed by atoms with Gasteiger partial charge in [-0.25, -0.2) is 0 Å². The Hall–Kier alpha value is -3.72. The van der Waals surface area contributed by atoms with Crippen LogP contribution in [0.1, 0.15) is 37.4 Å². The summed E-state index contributed by atoms with van der Waals surface area (Å²) in [6, 6.07) is 10.3. The van der Waals surface area contributed by atoms with Gasteiger partial charge in [-0.3, -0.25) is 19.7 Å². The molecule has 0 bridgehead atoms. The van der Waals surface area contributed by atoms with E-state index in [1.165, 1.54) is 35.2 Å². The van der Waals surface area contributed by atoms with E-state index in [-0.39, 0.29) is 35.2 Å². The molecule has 1 atom stereocenters. The van der Waals surface area contributed by atoms with E-state index < -0.39 is 28.4 Å². The summed E-state index contributed by atoms with van der Waals surface area (Å²) in [6.07, 6.45) is 0.489. The first-order chi connectivity index (χ1) is 15.2. The summed E-state index contributed by atoms with van der Waals surface area (Å²) in [4.78, 5) is 37.6. The number of nitrogens with zero attached hydrogens (tertiary/aromatic N) is 2. The number of rotatable bonds is 8. The Balaban J connectivity index is 2.06. The maximum Gasteiger partial charge on any atom is 0.295 e.